The third kappa shape index (κ3) is 6.66. The first kappa shape index (κ1) is 35.3. The van der Waals surface area contributed by atoms with Crippen molar-refractivity contribution < 1.29 is 14.1 Å². The molecule has 0 aromatic heterocycles. The molecule has 0 amide bonds. The fourth-order valence-electron chi connectivity index (χ4n) is 8.10. The van der Waals surface area contributed by atoms with Crippen molar-refractivity contribution in [2.75, 3.05) is 25.1 Å². The maximum atomic E-state index is 11.5. The largest absolute Gasteiger partial charge is 0.367 e. The molecule has 1 atom stereocenters. The Balaban J connectivity index is 1.26. The molecule has 4 nitrogen and oxygen atoms in total. The molecule has 0 aliphatic carbocycles. The van der Waals surface area contributed by atoms with Crippen molar-refractivity contribution in [1.29, 1.82) is 0 Å². The third-order valence-corrected chi connectivity index (χ3v) is 10.7. The summed E-state index contributed by atoms with van der Waals surface area (Å²) in [7, 11) is 1.83. The Kier molecular flexibility index (Phi) is 10.7. The summed E-state index contributed by atoms with van der Waals surface area (Å²) in [6.45, 7) is 12.7. The average Bonchev–Trinajstić information content (AvgIpc) is 3.49. The Morgan fingerprint density at radius 3 is 2.14 bits per heavy atom. The summed E-state index contributed by atoms with van der Waals surface area (Å²) in [4.78, 5) is 14.0. The average molecular weight is 666 g/mol. The number of hydrogen-bond donors (Lipinski definition) is 0. The Hall–Kier alpha value is -4.54. The van der Waals surface area contributed by atoms with Gasteiger partial charge in [-0.3, -0.25) is 0 Å². The zero-order valence-corrected chi connectivity index (χ0v) is 30.8. The molecule has 0 fully saturated rings. The fraction of sp³-hybridized carbons (Fsp3) is 0.348. The molecule has 0 bridgehead atoms. The number of Topliss-reactive ketones (excluding diaryl/α,β-unsaturated/α-hetero) is 1. The van der Waals surface area contributed by atoms with E-state index in [9.17, 15) is 4.79 Å². The van der Waals surface area contributed by atoms with Gasteiger partial charge < -0.3 is 14.4 Å². The second-order valence-electron chi connectivity index (χ2n) is 14.5. The number of allylic oxidation sites excluding steroid dienone is 7. The number of ketones is 1. The number of unbranched alkanes of at least 4 members (excludes halogenated alkanes) is 3. The van der Waals surface area contributed by atoms with E-state index >= 15 is 0 Å². The summed E-state index contributed by atoms with van der Waals surface area (Å²) in [6.07, 6.45) is 21.2. The Morgan fingerprint density at radius 2 is 1.44 bits per heavy atom. The van der Waals surface area contributed by atoms with Crippen LogP contribution in [0.4, 0.5) is 11.4 Å². The second-order valence-corrected chi connectivity index (χ2v) is 14.5. The molecule has 1 unspecified atom stereocenters. The van der Waals surface area contributed by atoms with Gasteiger partial charge in [0.05, 0.1) is 11.1 Å². The van der Waals surface area contributed by atoms with Crippen LogP contribution in [0.25, 0.3) is 21.5 Å². The van der Waals surface area contributed by atoms with Crippen molar-refractivity contribution in [2.24, 2.45) is 0 Å². The molecule has 0 saturated heterocycles. The van der Waals surface area contributed by atoms with Gasteiger partial charge in [-0.2, -0.15) is 4.58 Å². The van der Waals surface area contributed by atoms with Gasteiger partial charge in [0, 0.05) is 55.5 Å². The molecule has 2 aliphatic rings. The van der Waals surface area contributed by atoms with Crippen LogP contribution in [-0.4, -0.2) is 36.3 Å². The number of hydrogen-bond acceptors (Lipinski definition) is 3. The van der Waals surface area contributed by atoms with E-state index in [1.54, 1.807) is 6.92 Å². The van der Waals surface area contributed by atoms with Crippen molar-refractivity contribution in [1.82, 2.24) is 0 Å². The number of benzene rings is 4. The minimum atomic E-state index is -0.544. The van der Waals surface area contributed by atoms with Gasteiger partial charge in [-0.1, -0.05) is 98.3 Å². The predicted octanol–water partition coefficient (Wildman–Crippen LogP) is 11.3. The number of nitrogens with zero attached hydrogens (tertiary/aromatic N) is 2. The molecule has 4 aromatic carbocycles. The second kappa shape index (κ2) is 15.1. The molecular weight excluding hydrogens is 613 g/mol. The molecular formula is C46H53N2O2+. The topological polar surface area (TPSA) is 32.5 Å². The minimum absolute atomic E-state index is 0.144. The van der Waals surface area contributed by atoms with Crippen molar-refractivity contribution in [3.05, 3.63) is 132 Å². The molecule has 6 rings (SSSR count). The molecule has 0 N–H and O–H groups in total. The van der Waals surface area contributed by atoms with E-state index in [4.69, 9.17) is 4.74 Å². The van der Waals surface area contributed by atoms with Crippen molar-refractivity contribution in [2.45, 2.75) is 84.2 Å². The number of anilines is 1. The number of fused-ring (bicyclic) bond motifs is 6. The van der Waals surface area contributed by atoms with Crippen LogP contribution in [0.1, 0.15) is 84.3 Å². The molecule has 4 heteroatoms. The molecule has 258 valence electrons. The third-order valence-electron chi connectivity index (χ3n) is 10.7. The lowest BCUT2D eigenvalue weighted by molar-refractivity contribution is -0.438. The molecule has 2 heterocycles. The van der Waals surface area contributed by atoms with Gasteiger partial charge in [-0.05, 0) is 86.7 Å². The first-order chi connectivity index (χ1) is 24.2. The monoisotopic (exact) mass is 665 g/mol. The van der Waals surface area contributed by atoms with E-state index in [0.29, 0.717) is 6.42 Å². The van der Waals surface area contributed by atoms with Gasteiger partial charge >= 0.3 is 0 Å². The van der Waals surface area contributed by atoms with E-state index in [1.165, 1.54) is 55.5 Å². The van der Waals surface area contributed by atoms with Gasteiger partial charge in [0.15, 0.2) is 5.71 Å². The van der Waals surface area contributed by atoms with Crippen LogP contribution in [-0.2, 0) is 20.5 Å². The summed E-state index contributed by atoms with van der Waals surface area (Å²) in [5.74, 6) is 0.278. The van der Waals surface area contributed by atoms with E-state index in [1.807, 2.05) is 7.11 Å². The van der Waals surface area contributed by atoms with Crippen LogP contribution < -0.4 is 4.90 Å². The molecule has 0 radical (unpaired) electrons. The Labute approximate surface area is 299 Å². The summed E-state index contributed by atoms with van der Waals surface area (Å²) in [6, 6.07) is 26.4. The van der Waals surface area contributed by atoms with E-state index in [-0.39, 0.29) is 11.2 Å². The summed E-state index contributed by atoms with van der Waals surface area (Å²) >= 11 is 0. The fourth-order valence-corrected chi connectivity index (χ4v) is 8.10. The van der Waals surface area contributed by atoms with E-state index in [2.05, 4.69) is 152 Å². The smallest absolute Gasteiger partial charge is 0.210 e. The normalized spacial score (nSPS) is 19.3. The lowest BCUT2D eigenvalue weighted by atomic mass is 9.79. The van der Waals surface area contributed by atoms with Gasteiger partial charge in [0.1, 0.15) is 17.9 Å². The predicted molar refractivity (Wildman–Crippen MR) is 212 cm³/mol. The maximum Gasteiger partial charge on any atom is 0.210 e. The lowest BCUT2D eigenvalue weighted by Gasteiger charge is -2.29. The van der Waals surface area contributed by atoms with Gasteiger partial charge in [0.25, 0.3) is 0 Å². The van der Waals surface area contributed by atoms with Crippen molar-refractivity contribution in [3.63, 3.8) is 0 Å². The first-order valence-electron chi connectivity index (χ1n) is 18.5. The number of methoxy groups -OCH3 is 1. The number of carbonyl (C=O) groups excluding carboxylic acids is 1. The zero-order valence-electron chi connectivity index (χ0n) is 30.8. The van der Waals surface area contributed by atoms with Crippen LogP contribution in [0.15, 0.2) is 121 Å². The highest BCUT2D eigenvalue weighted by molar-refractivity contribution is 6.07. The molecule has 0 saturated carbocycles. The van der Waals surface area contributed by atoms with Crippen LogP contribution in [0.3, 0.4) is 0 Å². The quantitative estimate of drug-likeness (QED) is 0.0763. The highest BCUT2D eigenvalue weighted by atomic mass is 16.5. The summed E-state index contributed by atoms with van der Waals surface area (Å²) < 4.78 is 8.86. The standard InChI is InChI=1S/C46H53N2O2/c1-7-8-32-48-40-31-29-36-23-17-19-25-38(36)44(40)46(5,50-6)42(48)27-15-11-9-10-14-26-41-45(3,4)43-37-24-18-16-22-35(37)28-30-39(43)47(41)33-20-12-13-21-34(2)49/h9-11,14-19,22-31H,7-8,12-13,20-21,32-33H2,1-6H3/q+1. The van der Waals surface area contributed by atoms with Gasteiger partial charge in [-0.15, -0.1) is 0 Å². The Bertz CT molecular complexity index is 2040. The molecule has 0 spiro atoms. The molecule has 50 heavy (non-hydrogen) atoms. The Morgan fingerprint density at radius 1 is 0.780 bits per heavy atom. The van der Waals surface area contributed by atoms with Crippen LogP contribution >= 0.6 is 0 Å². The zero-order chi connectivity index (χ0) is 35.3. The van der Waals surface area contributed by atoms with Crippen LogP contribution in [0, 0.1) is 0 Å². The summed E-state index contributed by atoms with van der Waals surface area (Å²) in [5, 5.41) is 5.09. The highest BCUT2D eigenvalue weighted by Crippen LogP contribution is 2.51. The van der Waals surface area contributed by atoms with Crippen molar-refractivity contribution >= 4 is 44.4 Å². The van der Waals surface area contributed by atoms with Crippen LogP contribution in [0.5, 0.6) is 0 Å². The number of ether oxygens (including phenoxy) is 1. The number of carbonyl (C=O) groups is 1. The molecule has 2 aliphatic heterocycles. The van der Waals surface area contributed by atoms with Gasteiger partial charge in [-0.25, -0.2) is 0 Å². The number of rotatable bonds is 14. The minimum Gasteiger partial charge on any atom is -0.367 e. The van der Waals surface area contributed by atoms with E-state index in [0.717, 1.165) is 45.2 Å². The SMILES string of the molecule is CCCCN1C(=CC=CC=CC=CC2=[N+](CCCCCC(C)=O)c3ccc4ccccc4c3C2(C)C)C(C)(OC)c2c1ccc1ccccc21. The summed E-state index contributed by atoms with van der Waals surface area (Å²) in [5.41, 5.74) is 6.99. The lowest BCUT2D eigenvalue weighted by Crippen LogP contribution is -2.30. The first-order valence-corrected chi connectivity index (χ1v) is 18.5. The molecule has 4 aromatic rings. The highest BCUT2D eigenvalue weighted by Gasteiger charge is 2.46. The van der Waals surface area contributed by atoms with E-state index < -0.39 is 5.60 Å². The maximum absolute atomic E-state index is 11.5. The van der Waals surface area contributed by atoms with Crippen LogP contribution in [0.2, 0.25) is 0 Å². The van der Waals surface area contributed by atoms with Crippen molar-refractivity contribution in [3.8, 4) is 0 Å². The van der Waals surface area contributed by atoms with Gasteiger partial charge in [0.2, 0.25) is 5.69 Å².